The molecule has 2 rings (SSSR count). The number of amides is 1. The van der Waals surface area contributed by atoms with E-state index in [4.69, 9.17) is 4.74 Å². The number of hydrogen-bond donors (Lipinski definition) is 1. The SMILES string of the molecule is COc1ccccc1NC(=O)CSc1ccc(C(F)(F)F)cn1. The van der Waals surface area contributed by atoms with Crippen molar-refractivity contribution in [3.8, 4) is 5.75 Å². The molecule has 1 N–H and O–H groups in total. The molecule has 2 aromatic rings. The number of ether oxygens (including phenoxy) is 1. The summed E-state index contributed by atoms with van der Waals surface area (Å²) in [7, 11) is 1.49. The van der Waals surface area contributed by atoms with Crippen molar-refractivity contribution < 1.29 is 22.7 Å². The van der Waals surface area contributed by atoms with E-state index >= 15 is 0 Å². The molecule has 0 saturated carbocycles. The van der Waals surface area contributed by atoms with Crippen molar-refractivity contribution in [1.82, 2.24) is 4.98 Å². The minimum atomic E-state index is -4.42. The Morgan fingerprint density at radius 2 is 2.00 bits per heavy atom. The fraction of sp³-hybridized carbons (Fsp3) is 0.200. The number of carbonyl (C=O) groups is 1. The second-order valence-corrected chi connectivity index (χ2v) is 5.42. The fourth-order valence-electron chi connectivity index (χ4n) is 1.71. The van der Waals surface area contributed by atoms with Gasteiger partial charge in [0, 0.05) is 6.20 Å². The van der Waals surface area contributed by atoms with Gasteiger partial charge in [-0.1, -0.05) is 23.9 Å². The summed E-state index contributed by atoms with van der Waals surface area (Å²) in [5.74, 6) is 0.246. The number of rotatable bonds is 5. The van der Waals surface area contributed by atoms with Crippen molar-refractivity contribution in [2.75, 3.05) is 18.2 Å². The number of thioether (sulfide) groups is 1. The van der Waals surface area contributed by atoms with Gasteiger partial charge in [0.25, 0.3) is 0 Å². The maximum Gasteiger partial charge on any atom is 0.417 e. The highest BCUT2D eigenvalue weighted by molar-refractivity contribution is 7.99. The van der Waals surface area contributed by atoms with Gasteiger partial charge in [-0.2, -0.15) is 13.2 Å². The summed E-state index contributed by atoms with van der Waals surface area (Å²) < 4.78 is 42.4. The van der Waals surface area contributed by atoms with Crippen LogP contribution in [0.25, 0.3) is 0 Å². The summed E-state index contributed by atoms with van der Waals surface area (Å²) in [5.41, 5.74) is -0.290. The number of pyridine rings is 1. The lowest BCUT2D eigenvalue weighted by molar-refractivity contribution is -0.137. The molecule has 0 radical (unpaired) electrons. The van der Waals surface area contributed by atoms with Gasteiger partial charge in [-0.3, -0.25) is 4.79 Å². The highest BCUT2D eigenvalue weighted by Gasteiger charge is 2.30. The molecule has 0 saturated heterocycles. The van der Waals surface area contributed by atoms with E-state index in [1.165, 1.54) is 13.2 Å². The molecule has 1 amide bonds. The number of para-hydroxylation sites is 2. The molecule has 8 heteroatoms. The number of anilines is 1. The summed E-state index contributed by atoms with van der Waals surface area (Å²) in [6.07, 6.45) is -3.67. The average molecular weight is 342 g/mol. The lowest BCUT2D eigenvalue weighted by atomic mass is 10.3. The van der Waals surface area contributed by atoms with E-state index in [9.17, 15) is 18.0 Å². The first kappa shape index (κ1) is 17.1. The lowest BCUT2D eigenvalue weighted by Crippen LogP contribution is -2.14. The zero-order chi connectivity index (χ0) is 16.9. The number of aromatic nitrogens is 1. The normalized spacial score (nSPS) is 11.1. The van der Waals surface area contributed by atoms with Crippen LogP contribution in [-0.4, -0.2) is 23.8 Å². The number of halogens is 3. The minimum absolute atomic E-state index is 0.0242. The van der Waals surface area contributed by atoms with Crippen molar-refractivity contribution in [3.05, 3.63) is 48.2 Å². The third-order valence-electron chi connectivity index (χ3n) is 2.80. The van der Waals surface area contributed by atoms with Crippen molar-refractivity contribution in [2.45, 2.75) is 11.2 Å². The van der Waals surface area contributed by atoms with Crippen LogP contribution in [0.1, 0.15) is 5.56 Å². The zero-order valence-electron chi connectivity index (χ0n) is 12.1. The van der Waals surface area contributed by atoms with Crippen molar-refractivity contribution in [3.63, 3.8) is 0 Å². The maximum absolute atomic E-state index is 12.4. The number of hydrogen-bond acceptors (Lipinski definition) is 4. The molecule has 1 aromatic carbocycles. The molecule has 0 spiro atoms. The molecule has 0 aliphatic heterocycles. The molecular weight excluding hydrogens is 329 g/mol. The van der Waals surface area contributed by atoms with Crippen molar-refractivity contribution in [1.29, 1.82) is 0 Å². The Balaban J connectivity index is 1.92. The van der Waals surface area contributed by atoms with Gasteiger partial charge < -0.3 is 10.1 Å². The number of benzene rings is 1. The molecule has 0 bridgehead atoms. The predicted molar refractivity (Wildman–Crippen MR) is 81.6 cm³/mol. The first-order valence-corrected chi connectivity index (χ1v) is 7.47. The van der Waals surface area contributed by atoms with Gasteiger partial charge in [-0.15, -0.1) is 0 Å². The monoisotopic (exact) mass is 342 g/mol. The summed E-state index contributed by atoms with van der Waals surface area (Å²) in [6.45, 7) is 0. The molecule has 0 fully saturated rings. The summed E-state index contributed by atoms with van der Waals surface area (Å²) in [5, 5.41) is 3.02. The average Bonchev–Trinajstić information content (AvgIpc) is 2.53. The smallest absolute Gasteiger partial charge is 0.417 e. The maximum atomic E-state index is 12.4. The Bertz CT molecular complexity index is 675. The van der Waals surface area contributed by atoms with Crippen LogP contribution >= 0.6 is 11.8 Å². The van der Waals surface area contributed by atoms with Gasteiger partial charge in [0.2, 0.25) is 5.91 Å². The zero-order valence-corrected chi connectivity index (χ0v) is 12.9. The highest BCUT2D eigenvalue weighted by Crippen LogP contribution is 2.29. The Morgan fingerprint density at radius 1 is 1.26 bits per heavy atom. The summed E-state index contributed by atoms with van der Waals surface area (Å²) in [6, 6.07) is 9.10. The Kier molecular flexibility index (Phi) is 5.49. The predicted octanol–water partition coefficient (Wildman–Crippen LogP) is 3.84. The molecule has 0 unspecified atom stereocenters. The molecular formula is C15H13F3N2O2S. The number of methoxy groups -OCH3 is 1. The van der Waals surface area contributed by atoms with E-state index in [2.05, 4.69) is 10.3 Å². The van der Waals surface area contributed by atoms with Gasteiger partial charge in [-0.05, 0) is 24.3 Å². The van der Waals surface area contributed by atoms with Crippen LogP contribution in [0.2, 0.25) is 0 Å². The van der Waals surface area contributed by atoms with Crippen LogP contribution in [-0.2, 0) is 11.0 Å². The van der Waals surface area contributed by atoms with Crippen LogP contribution in [0.5, 0.6) is 5.75 Å². The first-order chi connectivity index (χ1) is 10.9. The van der Waals surface area contributed by atoms with E-state index in [0.717, 1.165) is 24.0 Å². The fourth-order valence-corrected chi connectivity index (χ4v) is 2.35. The van der Waals surface area contributed by atoms with Crippen LogP contribution < -0.4 is 10.1 Å². The number of carbonyl (C=O) groups excluding carboxylic acids is 1. The molecule has 0 aliphatic carbocycles. The van der Waals surface area contributed by atoms with Gasteiger partial charge in [-0.25, -0.2) is 4.98 Å². The molecule has 1 heterocycles. The van der Waals surface area contributed by atoms with E-state index in [0.29, 0.717) is 16.5 Å². The van der Waals surface area contributed by atoms with E-state index in [-0.39, 0.29) is 11.7 Å². The van der Waals surface area contributed by atoms with Crippen LogP contribution in [0.4, 0.5) is 18.9 Å². The number of nitrogens with zero attached hydrogens (tertiary/aromatic N) is 1. The van der Waals surface area contributed by atoms with Crippen LogP contribution in [0.15, 0.2) is 47.6 Å². The molecule has 1 aromatic heterocycles. The van der Waals surface area contributed by atoms with E-state index in [1.54, 1.807) is 24.3 Å². The second-order valence-electron chi connectivity index (χ2n) is 4.42. The molecule has 4 nitrogen and oxygen atoms in total. The largest absolute Gasteiger partial charge is 0.495 e. The topological polar surface area (TPSA) is 51.2 Å². The first-order valence-electron chi connectivity index (χ1n) is 6.49. The lowest BCUT2D eigenvalue weighted by Gasteiger charge is -2.09. The molecule has 0 aliphatic rings. The summed E-state index contributed by atoms with van der Waals surface area (Å²) in [4.78, 5) is 15.6. The standard InChI is InChI=1S/C15H13F3N2O2S/c1-22-12-5-3-2-4-11(12)20-13(21)9-23-14-7-6-10(8-19-14)15(16,17)18/h2-8H,9H2,1H3,(H,20,21). The van der Waals surface area contributed by atoms with Crippen molar-refractivity contribution in [2.24, 2.45) is 0 Å². The number of alkyl halides is 3. The molecule has 122 valence electrons. The van der Waals surface area contributed by atoms with E-state index in [1.807, 2.05) is 0 Å². The van der Waals surface area contributed by atoms with Crippen molar-refractivity contribution >= 4 is 23.4 Å². The summed E-state index contributed by atoms with van der Waals surface area (Å²) >= 11 is 1.05. The van der Waals surface area contributed by atoms with E-state index < -0.39 is 11.7 Å². The van der Waals surface area contributed by atoms with Gasteiger partial charge in [0.1, 0.15) is 5.75 Å². The molecule has 0 atom stereocenters. The minimum Gasteiger partial charge on any atom is -0.495 e. The Hall–Kier alpha value is -2.22. The molecule has 23 heavy (non-hydrogen) atoms. The quantitative estimate of drug-likeness (QED) is 0.839. The van der Waals surface area contributed by atoms with Crippen LogP contribution in [0.3, 0.4) is 0 Å². The van der Waals surface area contributed by atoms with Gasteiger partial charge in [0.05, 0.1) is 29.1 Å². The highest BCUT2D eigenvalue weighted by atomic mass is 32.2. The van der Waals surface area contributed by atoms with Crippen LogP contribution in [0, 0.1) is 0 Å². The van der Waals surface area contributed by atoms with Gasteiger partial charge in [0.15, 0.2) is 0 Å². The number of nitrogens with one attached hydrogen (secondary N) is 1. The van der Waals surface area contributed by atoms with Gasteiger partial charge >= 0.3 is 6.18 Å². The third kappa shape index (κ3) is 4.88. The Labute approximate surface area is 135 Å². The Morgan fingerprint density at radius 3 is 2.61 bits per heavy atom. The second kappa shape index (κ2) is 7.36. The third-order valence-corrected chi connectivity index (χ3v) is 3.74.